The van der Waals surface area contributed by atoms with Crippen LogP contribution in [0.5, 0.6) is 11.5 Å². The molecule has 0 aliphatic heterocycles. The van der Waals surface area contributed by atoms with Crippen LogP contribution in [-0.4, -0.2) is 40.3 Å². The minimum Gasteiger partial charge on any atom is -0.496 e. The Morgan fingerprint density at radius 1 is 1.04 bits per heavy atom. The quantitative estimate of drug-likeness (QED) is 0.615. The molecule has 1 atom stereocenters. The van der Waals surface area contributed by atoms with E-state index < -0.39 is 0 Å². The zero-order chi connectivity index (χ0) is 17.4. The summed E-state index contributed by atoms with van der Waals surface area (Å²) in [5.74, 6) is 1.63. The second kappa shape index (κ2) is 9.53. The first-order chi connectivity index (χ1) is 10.9. The molecule has 0 saturated heterocycles. The lowest BCUT2D eigenvalue weighted by Gasteiger charge is -2.21. The second-order valence-electron chi connectivity index (χ2n) is 5.85. The normalized spacial score (nSPS) is 12.3. The van der Waals surface area contributed by atoms with Crippen LogP contribution in [-0.2, 0) is 9.47 Å². The van der Waals surface area contributed by atoms with Gasteiger partial charge in [0.05, 0.1) is 25.9 Å². The van der Waals surface area contributed by atoms with Crippen molar-refractivity contribution >= 4 is 5.78 Å². The third-order valence-corrected chi connectivity index (χ3v) is 3.61. The van der Waals surface area contributed by atoms with E-state index in [2.05, 4.69) is 13.8 Å². The SMILES string of the molecule is COCC(=O)c1cc(OC)c(C(C)OCCC(C)C)c(OC)c1. The minimum absolute atomic E-state index is 0.0199. The molecule has 1 aromatic rings. The summed E-state index contributed by atoms with van der Waals surface area (Å²) < 4.78 is 21.7. The monoisotopic (exact) mass is 324 g/mol. The summed E-state index contributed by atoms with van der Waals surface area (Å²) in [6.07, 6.45) is 0.796. The van der Waals surface area contributed by atoms with Crippen LogP contribution in [0.2, 0.25) is 0 Å². The van der Waals surface area contributed by atoms with Gasteiger partial charge < -0.3 is 18.9 Å². The molecule has 0 aromatic heterocycles. The Morgan fingerprint density at radius 2 is 1.61 bits per heavy atom. The average molecular weight is 324 g/mol. The molecule has 23 heavy (non-hydrogen) atoms. The number of benzene rings is 1. The lowest BCUT2D eigenvalue weighted by atomic mass is 10.0. The average Bonchev–Trinajstić information content (AvgIpc) is 2.53. The number of carbonyl (C=O) groups is 1. The van der Waals surface area contributed by atoms with Gasteiger partial charge in [-0.05, 0) is 31.4 Å². The topological polar surface area (TPSA) is 54.0 Å². The number of ether oxygens (including phenoxy) is 4. The number of hydrogen-bond acceptors (Lipinski definition) is 5. The highest BCUT2D eigenvalue weighted by Gasteiger charge is 2.21. The molecule has 130 valence electrons. The first-order valence-electron chi connectivity index (χ1n) is 7.84. The van der Waals surface area contributed by atoms with Crippen LogP contribution in [0.4, 0.5) is 0 Å². The van der Waals surface area contributed by atoms with Gasteiger partial charge in [0.1, 0.15) is 18.1 Å². The number of Topliss-reactive ketones (excluding diaryl/α,β-unsaturated/α-hetero) is 1. The number of ketones is 1. The van der Waals surface area contributed by atoms with Crippen LogP contribution in [0.15, 0.2) is 12.1 Å². The molecule has 0 heterocycles. The first-order valence-corrected chi connectivity index (χ1v) is 7.84. The Bertz CT molecular complexity index is 485. The molecule has 0 aliphatic rings. The minimum atomic E-state index is -0.190. The van der Waals surface area contributed by atoms with E-state index in [1.54, 1.807) is 26.4 Å². The van der Waals surface area contributed by atoms with E-state index >= 15 is 0 Å². The maximum Gasteiger partial charge on any atom is 0.188 e. The van der Waals surface area contributed by atoms with Crippen molar-refractivity contribution in [3.8, 4) is 11.5 Å². The Labute approximate surface area is 138 Å². The fraction of sp³-hybridized carbons (Fsp3) is 0.611. The van der Waals surface area contributed by atoms with Crippen molar-refractivity contribution in [3.05, 3.63) is 23.3 Å². The first kappa shape index (κ1) is 19.5. The van der Waals surface area contributed by atoms with Gasteiger partial charge in [-0.3, -0.25) is 4.79 Å². The molecular formula is C18H28O5. The van der Waals surface area contributed by atoms with Gasteiger partial charge in [0.25, 0.3) is 0 Å². The van der Waals surface area contributed by atoms with E-state index in [1.165, 1.54) is 7.11 Å². The van der Waals surface area contributed by atoms with Crippen molar-refractivity contribution in [2.45, 2.75) is 33.3 Å². The largest absolute Gasteiger partial charge is 0.496 e. The molecule has 5 heteroatoms. The molecule has 1 unspecified atom stereocenters. The van der Waals surface area contributed by atoms with Gasteiger partial charge in [0.2, 0.25) is 0 Å². The molecule has 0 radical (unpaired) electrons. The van der Waals surface area contributed by atoms with Gasteiger partial charge in [0.15, 0.2) is 5.78 Å². The van der Waals surface area contributed by atoms with Gasteiger partial charge in [-0.2, -0.15) is 0 Å². The van der Waals surface area contributed by atoms with Gasteiger partial charge >= 0.3 is 0 Å². The Hall–Kier alpha value is -1.59. The van der Waals surface area contributed by atoms with E-state index in [0.29, 0.717) is 29.6 Å². The van der Waals surface area contributed by atoms with Crippen LogP contribution in [0, 0.1) is 5.92 Å². The van der Waals surface area contributed by atoms with E-state index in [4.69, 9.17) is 18.9 Å². The molecule has 0 saturated carbocycles. The molecule has 0 fully saturated rings. The van der Waals surface area contributed by atoms with Crippen molar-refractivity contribution in [2.75, 3.05) is 34.5 Å². The van der Waals surface area contributed by atoms with Crippen LogP contribution in [0.3, 0.4) is 0 Å². The summed E-state index contributed by atoms with van der Waals surface area (Å²) in [7, 11) is 4.64. The van der Waals surface area contributed by atoms with Crippen LogP contribution in [0.1, 0.15) is 49.2 Å². The van der Waals surface area contributed by atoms with E-state index in [9.17, 15) is 4.79 Å². The lowest BCUT2D eigenvalue weighted by Crippen LogP contribution is -2.11. The highest BCUT2D eigenvalue weighted by Crippen LogP contribution is 2.37. The fourth-order valence-corrected chi connectivity index (χ4v) is 2.28. The highest BCUT2D eigenvalue weighted by atomic mass is 16.5. The lowest BCUT2D eigenvalue weighted by molar-refractivity contribution is 0.0549. The number of hydrogen-bond donors (Lipinski definition) is 0. The zero-order valence-electron chi connectivity index (χ0n) is 15.0. The number of rotatable bonds is 10. The maximum absolute atomic E-state index is 12.0. The standard InChI is InChI=1S/C18H28O5/c1-12(2)7-8-23-13(3)18-16(21-5)9-14(10-17(18)22-6)15(19)11-20-4/h9-10,12-13H,7-8,11H2,1-6H3. The summed E-state index contributed by atoms with van der Waals surface area (Å²) in [5.41, 5.74) is 1.31. The Kier molecular flexibility index (Phi) is 8.06. The molecular weight excluding hydrogens is 296 g/mol. The molecule has 0 spiro atoms. The summed E-state index contributed by atoms with van der Waals surface area (Å²) in [6.45, 7) is 6.95. The van der Waals surface area contributed by atoms with Crippen molar-refractivity contribution in [1.82, 2.24) is 0 Å². The van der Waals surface area contributed by atoms with Crippen LogP contribution in [0.25, 0.3) is 0 Å². The zero-order valence-corrected chi connectivity index (χ0v) is 15.0. The number of carbonyl (C=O) groups excluding carboxylic acids is 1. The predicted octanol–water partition coefficient (Wildman–Crippen LogP) is 3.66. The molecule has 1 rings (SSSR count). The molecule has 0 bridgehead atoms. The van der Waals surface area contributed by atoms with Crippen molar-refractivity contribution < 1.29 is 23.7 Å². The Morgan fingerprint density at radius 3 is 2.04 bits per heavy atom. The third-order valence-electron chi connectivity index (χ3n) is 3.61. The summed E-state index contributed by atoms with van der Waals surface area (Å²) in [5, 5.41) is 0. The summed E-state index contributed by atoms with van der Waals surface area (Å²) >= 11 is 0. The fourth-order valence-electron chi connectivity index (χ4n) is 2.28. The second-order valence-corrected chi connectivity index (χ2v) is 5.85. The molecule has 1 aromatic carbocycles. The van der Waals surface area contributed by atoms with Gasteiger partial charge in [0, 0.05) is 19.3 Å². The predicted molar refractivity (Wildman–Crippen MR) is 89.6 cm³/mol. The summed E-state index contributed by atoms with van der Waals surface area (Å²) in [4.78, 5) is 12.0. The van der Waals surface area contributed by atoms with E-state index in [-0.39, 0.29) is 18.5 Å². The third kappa shape index (κ3) is 5.52. The van der Waals surface area contributed by atoms with Crippen molar-refractivity contribution in [3.63, 3.8) is 0 Å². The van der Waals surface area contributed by atoms with Crippen LogP contribution >= 0.6 is 0 Å². The van der Waals surface area contributed by atoms with Gasteiger partial charge in [-0.15, -0.1) is 0 Å². The highest BCUT2D eigenvalue weighted by molar-refractivity contribution is 5.98. The van der Waals surface area contributed by atoms with E-state index in [1.807, 2.05) is 6.92 Å². The summed E-state index contributed by atoms with van der Waals surface area (Å²) in [6, 6.07) is 3.42. The van der Waals surface area contributed by atoms with E-state index in [0.717, 1.165) is 12.0 Å². The maximum atomic E-state index is 12.0. The van der Waals surface area contributed by atoms with Crippen molar-refractivity contribution in [1.29, 1.82) is 0 Å². The smallest absolute Gasteiger partial charge is 0.188 e. The molecule has 0 amide bonds. The van der Waals surface area contributed by atoms with Gasteiger partial charge in [-0.1, -0.05) is 13.8 Å². The van der Waals surface area contributed by atoms with Crippen LogP contribution < -0.4 is 9.47 Å². The number of methoxy groups -OCH3 is 3. The Balaban J connectivity index is 3.07. The molecule has 5 nitrogen and oxygen atoms in total. The van der Waals surface area contributed by atoms with Crippen molar-refractivity contribution in [2.24, 2.45) is 5.92 Å². The molecule has 0 aliphatic carbocycles. The molecule has 0 N–H and O–H groups in total. The van der Waals surface area contributed by atoms with Gasteiger partial charge in [-0.25, -0.2) is 0 Å².